The van der Waals surface area contributed by atoms with Crippen molar-refractivity contribution >= 4 is 45.0 Å². The number of benzene rings is 2. The maximum absolute atomic E-state index is 12.6. The maximum Gasteiger partial charge on any atom is 0.242 e. The van der Waals surface area contributed by atoms with Crippen LogP contribution in [0.2, 0.25) is 10.0 Å². The SMILES string of the molecule is O=S(=O)(N[C@H]1CCSc2ccccc21)c1cc(Cl)ccc1Cl. The first-order valence-electron chi connectivity index (χ1n) is 6.66. The summed E-state index contributed by atoms with van der Waals surface area (Å²) in [6.07, 6.45) is 0.735. The summed E-state index contributed by atoms with van der Waals surface area (Å²) >= 11 is 13.6. The third-order valence-corrected chi connectivity index (χ3v) is 6.75. The van der Waals surface area contributed by atoms with Gasteiger partial charge < -0.3 is 0 Å². The molecular formula is C15H13Cl2NO2S2. The van der Waals surface area contributed by atoms with Gasteiger partial charge in [0.15, 0.2) is 0 Å². The van der Waals surface area contributed by atoms with E-state index in [1.165, 1.54) is 12.1 Å². The van der Waals surface area contributed by atoms with Gasteiger partial charge in [-0.25, -0.2) is 13.1 Å². The van der Waals surface area contributed by atoms with Crippen molar-refractivity contribution in [3.05, 3.63) is 58.1 Å². The molecule has 0 aliphatic carbocycles. The quantitative estimate of drug-likeness (QED) is 0.860. The standard InChI is InChI=1S/C15H13Cl2NO2S2/c16-10-5-6-12(17)15(9-10)22(19,20)18-13-7-8-21-14-4-2-1-3-11(13)14/h1-6,9,13,18H,7-8H2/t13-/m0/s1. The third kappa shape index (κ3) is 3.29. The molecule has 1 aliphatic rings. The Balaban J connectivity index is 1.95. The molecule has 0 radical (unpaired) electrons. The van der Waals surface area contributed by atoms with Crippen LogP contribution in [0.25, 0.3) is 0 Å². The van der Waals surface area contributed by atoms with Crippen molar-refractivity contribution in [1.29, 1.82) is 0 Å². The third-order valence-electron chi connectivity index (χ3n) is 3.44. The van der Waals surface area contributed by atoms with E-state index in [2.05, 4.69) is 4.72 Å². The second kappa shape index (κ2) is 6.42. The minimum atomic E-state index is -3.73. The van der Waals surface area contributed by atoms with Crippen LogP contribution < -0.4 is 4.72 Å². The summed E-state index contributed by atoms with van der Waals surface area (Å²) in [5, 5.41) is 0.500. The Hall–Kier alpha value is -0.720. The summed E-state index contributed by atoms with van der Waals surface area (Å²) < 4.78 is 28.0. The summed E-state index contributed by atoms with van der Waals surface area (Å²) in [5.74, 6) is 0.869. The first kappa shape index (κ1) is 16.1. The van der Waals surface area contributed by atoms with Crippen molar-refractivity contribution in [3.63, 3.8) is 0 Å². The summed E-state index contributed by atoms with van der Waals surface area (Å²) in [6, 6.07) is 12.0. The summed E-state index contributed by atoms with van der Waals surface area (Å²) in [7, 11) is -3.73. The molecular weight excluding hydrogens is 361 g/mol. The van der Waals surface area contributed by atoms with E-state index in [1.807, 2.05) is 24.3 Å². The van der Waals surface area contributed by atoms with Gasteiger partial charge in [0.2, 0.25) is 10.0 Å². The number of fused-ring (bicyclic) bond motifs is 1. The predicted molar refractivity (Wildman–Crippen MR) is 91.3 cm³/mol. The van der Waals surface area contributed by atoms with E-state index >= 15 is 0 Å². The molecule has 0 bridgehead atoms. The average molecular weight is 374 g/mol. The molecule has 3 nitrogen and oxygen atoms in total. The molecule has 2 aromatic rings. The Bertz CT molecular complexity index is 809. The fourth-order valence-electron chi connectivity index (χ4n) is 2.40. The van der Waals surface area contributed by atoms with Crippen molar-refractivity contribution in [2.75, 3.05) is 5.75 Å². The highest BCUT2D eigenvalue weighted by Gasteiger charge is 2.27. The van der Waals surface area contributed by atoms with E-state index in [0.717, 1.165) is 22.6 Å². The highest BCUT2D eigenvalue weighted by molar-refractivity contribution is 7.99. The molecule has 0 unspecified atom stereocenters. The molecule has 0 aromatic heterocycles. The molecule has 1 atom stereocenters. The van der Waals surface area contributed by atoms with Gasteiger partial charge in [0.05, 0.1) is 5.02 Å². The zero-order valence-electron chi connectivity index (χ0n) is 11.4. The number of thioether (sulfide) groups is 1. The first-order valence-corrected chi connectivity index (χ1v) is 9.89. The number of rotatable bonds is 3. The van der Waals surface area contributed by atoms with Gasteiger partial charge in [-0.2, -0.15) is 0 Å². The number of halogens is 2. The van der Waals surface area contributed by atoms with Gasteiger partial charge in [-0.05, 0) is 42.0 Å². The van der Waals surface area contributed by atoms with Gasteiger partial charge in [-0.3, -0.25) is 0 Å². The topological polar surface area (TPSA) is 46.2 Å². The largest absolute Gasteiger partial charge is 0.242 e. The highest BCUT2D eigenvalue weighted by Crippen LogP contribution is 2.37. The fraction of sp³-hybridized carbons (Fsp3) is 0.200. The number of nitrogens with one attached hydrogen (secondary N) is 1. The molecule has 0 amide bonds. The van der Waals surface area contributed by atoms with Gasteiger partial charge in [0.25, 0.3) is 0 Å². The van der Waals surface area contributed by atoms with Gasteiger partial charge in [0.1, 0.15) is 4.90 Å². The Labute approximate surface area is 144 Å². The molecule has 0 spiro atoms. The van der Waals surface area contributed by atoms with Gasteiger partial charge >= 0.3 is 0 Å². The summed E-state index contributed by atoms with van der Waals surface area (Å²) in [5.41, 5.74) is 1.00. The monoisotopic (exact) mass is 373 g/mol. The van der Waals surface area contributed by atoms with Crippen molar-refractivity contribution in [3.8, 4) is 0 Å². The van der Waals surface area contributed by atoms with E-state index in [1.54, 1.807) is 17.8 Å². The maximum atomic E-state index is 12.6. The van der Waals surface area contributed by atoms with Gasteiger partial charge in [-0.1, -0.05) is 41.4 Å². The Morgan fingerprint density at radius 2 is 1.91 bits per heavy atom. The lowest BCUT2D eigenvalue weighted by atomic mass is 10.1. The van der Waals surface area contributed by atoms with Crippen molar-refractivity contribution < 1.29 is 8.42 Å². The molecule has 22 heavy (non-hydrogen) atoms. The molecule has 0 saturated carbocycles. The molecule has 7 heteroatoms. The van der Waals surface area contributed by atoms with E-state index in [9.17, 15) is 8.42 Å². The van der Waals surface area contributed by atoms with Crippen LogP contribution >= 0.6 is 35.0 Å². The molecule has 0 fully saturated rings. The number of sulfonamides is 1. The van der Waals surface area contributed by atoms with Crippen molar-refractivity contribution in [2.24, 2.45) is 0 Å². The second-order valence-electron chi connectivity index (χ2n) is 4.92. The van der Waals surface area contributed by atoms with E-state index in [4.69, 9.17) is 23.2 Å². The zero-order valence-corrected chi connectivity index (χ0v) is 14.6. The normalized spacial score (nSPS) is 18.0. The highest BCUT2D eigenvalue weighted by atomic mass is 35.5. The lowest BCUT2D eigenvalue weighted by Gasteiger charge is -2.25. The van der Waals surface area contributed by atoms with Crippen LogP contribution in [0.15, 0.2) is 52.3 Å². The van der Waals surface area contributed by atoms with Crippen LogP contribution in [0.5, 0.6) is 0 Å². The van der Waals surface area contributed by atoms with Crippen molar-refractivity contribution in [1.82, 2.24) is 4.72 Å². The lowest BCUT2D eigenvalue weighted by molar-refractivity contribution is 0.546. The Morgan fingerprint density at radius 1 is 1.14 bits per heavy atom. The van der Waals surface area contributed by atoms with Gasteiger partial charge in [0, 0.05) is 16.0 Å². The number of hydrogen-bond donors (Lipinski definition) is 1. The van der Waals surface area contributed by atoms with Crippen LogP contribution in [-0.4, -0.2) is 14.2 Å². The van der Waals surface area contributed by atoms with Gasteiger partial charge in [-0.15, -0.1) is 11.8 Å². The van der Waals surface area contributed by atoms with E-state index < -0.39 is 10.0 Å². The van der Waals surface area contributed by atoms with Crippen LogP contribution in [0.3, 0.4) is 0 Å². The molecule has 116 valence electrons. The zero-order chi connectivity index (χ0) is 15.7. The summed E-state index contributed by atoms with van der Waals surface area (Å²) in [6.45, 7) is 0. The molecule has 1 heterocycles. The second-order valence-corrected chi connectivity index (χ2v) is 8.59. The van der Waals surface area contributed by atoms with E-state index in [0.29, 0.717) is 5.02 Å². The van der Waals surface area contributed by atoms with E-state index in [-0.39, 0.29) is 16.0 Å². The van der Waals surface area contributed by atoms with Crippen LogP contribution in [0.1, 0.15) is 18.0 Å². The van der Waals surface area contributed by atoms with Crippen LogP contribution in [0.4, 0.5) is 0 Å². The van der Waals surface area contributed by atoms with Crippen LogP contribution in [-0.2, 0) is 10.0 Å². The number of hydrogen-bond acceptors (Lipinski definition) is 3. The molecule has 1 aliphatic heterocycles. The average Bonchev–Trinajstić information content (AvgIpc) is 2.50. The lowest BCUT2D eigenvalue weighted by Crippen LogP contribution is -2.30. The predicted octanol–water partition coefficient (Wildman–Crippen LogP) is 4.51. The fourth-order valence-corrected chi connectivity index (χ4v) is 5.54. The van der Waals surface area contributed by atoms with Crippen LogP contribution in [0, 0.1) is 0 Å². The summed E-state index contributed by atoms with van der Waals surface area (Å²) in [4.78, 5) is 1.12. The minimum absolute atomic E-state index is 0.0115. The molecule has 0 saturated heterocycles. The minimum Gasteiger partial charge on any atom is -0.207 e. The molecule has 2 aromatic carbocycles. The molecule has 3 rings (SSSR count). The first-order chi connectivity index (χ1) is 10.5. The Morgan fingerprint density at radius 3 is 2.73 bits per heavy atom. The molecule has 1 N–H and O–H groups in total. The smallest absolute Gasteiger partial charge is 0.207 e. The van der Waals surface area contributed by atoms with Crippen molar-refractivity contribution in [2.45, 2.75) is 22.3 Å². The Kier molecular flexibility index (Phi) is 4.71.